The SMILES string of the molecule is CC(NC(=O)c1cc(=O)[nH][nH]1)C1CC2CCC1C2. The largest absolute Gasteiger partial charge is 0.348 e. The molecule has 2 saturated carbocycles. The van der Waals surface area contributed by atoms with E-state index in [4.69, 9.17) is 0 Å². The lowest BCUT2D eigenvalue weighted by atomic mass is 9.84. The van der Waals surface area contributed by atoms with Crippen LogP contribution in [0.1, 0.15) is 43.1 Å². The third-order valence-electron chi connectivity index (χ3n) is 4.63. The molecule has 2 fully saturated rings. The number of nitrogens with one attached hydrogen (secondary N) is 3. The smallest absolute Gasteiger partial charge is 0.269 e. The highest BCUT2D eigenvalue weighted by molar-refractivity contribution is 5.92. The monoisotopic (exact) mass is 249 g/mol. The van der Waals surface area contributed by atoms with Crippen LogP contribution in [0.25, 0.3) is 0 Å². The van der Waals surface area contributed by atoms with Crippen molar-refractivity contribution in [1.82, 2.24) is 15.5 Å². The third-order valence-corrected chi connectivity index (χ3v) is 4.63. The van der Waals surface area contributed by atoms with Gasteiger partial charge in [0.25, 0.3) is 11.5 Å². The van der Waals surface area contributed by atoms with Gasteiger partial charge in [-0.2, -0.15) is 0 Å². The molecule has 4 atom stereocenters. The summed E-state index contributed by atoms with van der Waals surface area (Å²) in [5.41, 5.74) is 0.0442. The lowest BCUT2D eigenvalue weighted by Crippen LogP contribution is -2.40. The molecule has 0 spiro atoms. The average Bonchev–Trinajstić information content (AvgIpc) is 3.03. The van der Waals surface area contributed by atoms with E-state index in [1.165, 1.54) is 31.7 Å². The van der Waals surface area contributed by atoms with E-state index in [-0.39, 0.29) is 17.5 Å². The van der Waals surface area contributed by atoms with Crippen LogP contribution in [0.5, 0.6) is 0 Å². The van der Waals surface area contributed by atoms with Gasteiger partial charge in [-0.25, -0.2) is 0 Å². The molecule has 5 nitrogen and oxygen atoms in total. The summed E-state index contributed by atoms with van der Waals surface area (Å²) in [4.78, 5) is 22.9. The predicted octanol–water partition coefficient (Wildman–Crippen LogP) is 1.26. The highest BCUT2D eigenvalue weighted by Crippen LogP contribution is 2.49. The Hall–Kier alpha value is -1.52. The maximum absolute atomic E-state index is 11.9. The van der Waals surface area contributed by atoms with E-state index in [0.29, 0.717) is 11.6 Å². The first-order valence-electron chi connectivity index (χ1n) is 6.72. The summed E-state index contributed by atoms with van der Waals surface area (Å²) in [7, 11) is 0. The average molecular weight is 249 g/mol. The van der Waals surface area contributed by atoms with Gasteiger partial charge in [0.1, 0.15) is 5.69 Å². The van der Waals surface area contributed by atoms with Crippen molar-refractivity contribution in [1.29, 1.82) is 0 Å². The fourth-order valence-corrected chi connectivity index (χ4v) is 3.75. The Morgan fingerprint density at radius 1 is 1.39 bits per heavy atom. The van der Waals surface area contributed by atoms with Crippen LogP contribution in [0.15, 0.2) is 10.9 Å². The van der Waals surface area contributed by atoms with Crippen LogP contribution >= 0.6 is 0 Å². The maximum Gasteiger partial charge on any atom is 0.269 e. The van der Waals surface area contributed by atoms with Crippen LogP contribution in [-0.4, -0.2) is 22.1 Å². The Morgan fingerprint density at radius 3 is 2.78 bits per heavy atom. The normalized spacial score (nSPS) is 31.5. The number of H-pyrrole nitrogens is 2. The molecule has 0 radical (unpaired) electrons. The van der Waals surface area contributed by atoms with Crippen LogP contribution in [-0.2, 0) is 0 Å². The van der Waals surface area contributed by atoms with Gasteiger partial charge in [0.2, 0.25) is 0 Å². The Kier molecular flexibility index (Phi) is 2.76. The molecule has 2 aliphatic carbocycles. The van der Waals surface area contributed by atoms with E-state index in [9.17, 15) is 9.59 Å². The Balaban J connectivity index is 1.62. The quantitative estimate of drug-likeness (QED) is 0.754. The second kappa shape index (κ2) is 4.30. The zero-order chi connectivity index (χ0) is 12.7. The molecule has 98 valence electrons. The standard InChI is InChI=1S/C13H19N3O2/c1-7(10-5-8-2-3-9(10)4-8)14-13(18)11-6-12(17)16-15-11/h6-10H,2-5H2,1H3,(H,14,18)(H2,15,16,17). The Morgan fingerprint density at radius 2 is 2.22 bits per heavy atom. The van der Waals surface area contributed by atoms with Crippen molar-refractivity contribution < 1.29 is 4.79 Å². The summed E-state index contributed by atoms with van der Waals surface area (Å²) in [6.07, 6.45) is 5.27. The first kappa shape index (κ1) is 11.6. The minimum Gasteiger partial charge on any atom is -0.348 e. The van der Waals surface area contributed by atoms with E-state index in [1.54, 1.807) is 0 Å². The number of amides is 1. The molecule has 2 bridgehead atoms. The summed E-state index contributed by atoms with van der Waals surface area (Å²) in [6.45, 7) is 2.08. The number of aromatic amines is 2. The molecule has 4 unspecified atom stereocenters. The van der Waals surface area contributed by atoms with Crippen LogP contribution in [0.2, 0.25) is 0 Å². The van der Waals surface area contributed by atoms with E-state index >= 15 is 0 Å². The van der Waals surface area contributed by atoms with Gasteiger partial charge in [-0.3, -0.25) is 19.8 Å². The zero-order valence-corrected chi connectivity index (χ0v) is 10.5. The first-order valence-corrected chi connectivity index (χ1v) is 6.72. The number of hydrogen-bond donors (Lipinski definition) is 3. The fourth-order valence-electron chi connectivity index (χ4n) is 3.75. The number of fused-ring (bicyclic) bond motifs is 2. The second-order valence-corrected chi connectivity index (χ2v) is 5.77. The second-order valence-electron chi connectivity index (χ2n) is 5.77. The Bertz CT molecular complexity index is 504. The minimum absolute atomic E-state index is 0.186. The van der Waals surface area contributed by atoms with Crippen molar-refractivity contribution in [3.05, 3.63) is 22.1 Å². The molecule has 0 aromatic carbocycles. The number of carbonyl (C=O) groups excluding carboxylic acids is 1. The summed E-state index contributed by atoms with van der Waals surface area (Å²) in [5, 5.41) is 7.97. The van der Waals surface area contributed by atoms with Gasteiger partial charge in [0, 0.05) is 12.1 Å². The molecule has 1 aromatic rings. The third kappa shape index (κ3) is 1.98. The molecule has 0 saturated heterocycles. The molecule has 2 aliphatic rings. The van der Waals surface area contributed by atoms with Crippen molar-refractivity contribution in [2.45, 2.75) is 38.6 Å². The van der Waals surface area contributed by atoms with E-state index in [2.05, 4.69) is 22.4 Å². The molecule has 3 rings (SSSR count). The molecular weight excluding hydrogens is 230 g/mol. The first-order chi connectivity index (χ1) is 8.63. The van der Waals surface area contributed by atoms with Crippen molar-refractivity contribution in [3.63, 3.8) is 0 Å². The van der Waals surface area contributed by atoms with E-state index < -0.39 is 0 Å². The maximum atomic E-state index is 11.9. The molecule has 1 aromatic heterocycles. The van der Waals surface area contributed by atoms with Gasteiger partial charge in [0.05, 0.1) is 0 Å². The van der Waals surface area contributed by atoms with Crippen molar-refractivity contribution in [2.24, 2.45) is 17.8 Å². The number of rotatable bonds is 3. The fraction of sp³-hybridized carbons (Fsp3) is 0.692. The van der Waals surface area contributed by atoms with Gasteiger partial charge in [-0.05, 0) is 43.9 Å². The molecule has 18 heavy (non-hydrogen) atoms. The Labute approximate surface area is 105 Å². The highest BCUT2D eigenvalue weighted by atomic mass is 16.2. The van der Waals surface area contributed by atoms with E-state index in [0.717, 1.165) is 11.8 Å². The van der Waals surface area contributed by atoms with Gasteiger partial charge < -0.3 is 5.32 Å². The lowest BCUT2D eigenvalue weighted by Gasteiger charge is -2.28. The van der Waals surface area contributed by atoms with Gasteiger partial charge in [0.15, 0.2) is 0 Å². The van der Waals surface area contributed by atoms with Gasteiger partial charge in [-0.15, -0.1) is 0 Å². The molecule has 1 heterocycles. The van der Waals surface area contributed by atoms with E-state index in [1.807, 2.05) is 0 Å². The molecule has 0 aliphatic heterocycles. The van der Waals surface area contributed by atoms with Crippen LogP contribution in [0.3, 0.4) is 0 Å². The molecule has 5 heteroatoms. The lowest BCUT2D eigenvalue weighted by molar-refractivity contribution is 0.0910. The number of carbonyl (C=O) groups is 1. The van der Waals surface area contributed by atoms with Crippen LogP contribution in [0, 0.1) is 17.8 Å². The number of hydrogen-bond acceptors (Lipinski definition) is 2. The van der Waals surface area contributed by atoms with Gasteiger partial charge >= 0.3 is 0 Å². The van der Waals surface area contributed by atoms with Crippen LogP contribution < -0.4 is 10.9 Å². The number of aromatic nitrogens is 2. The van der Waals surface area contributed by atoms with Crippen molar-refractivity contribution in [2.75, 3.05) is 0 Å². The zero-order valence-electron chi connectivity index (χ0n) is 10.5. The molecular formula is C13H19N3O2. The summed E-state index contributed by atoms with van der Waals surface area (Å²) < 4.78 is 0. The van der Waals surface area contributed by atoms with Crippen molar-refractivity contribution in [3.8, 4) is 0 Å². The summed E-state index contributed by atoms with van der Waals surface area (Å²) in [5.74, 6) is 2.09. The summed E-state index contributed by atoms with van der Waals surface area (Å²) in [6, 6.07) is 1.48. The molecule has 1 amide bonds. The molecule has 3 N–H and O–H groups in total. The predicted molar refractivity (Wildman–Crippen MR) is 67.3 cm³/mol. The van der Waals surface area contributed by atoms with Gasteiger partial charge in [-0.1, -0.05) is 6.42 Å². The highest BCUT2D eigenvalue weighted by Gasteiger charge is 2.42. The minimum atomic E-state index is -0.271. The van der Waals surface area contributed by atoms with Crippen LogP contribution in [0.4, 0.5) is 0 Å². The summed E-state index contributed by atoms with van der Waals surface area (Å²) >= 11 is 0. The topological polar surface area (TPSA) is 77.8 Å². The van der Waals surface area contributed by atoms with Crippen molar-refractivity contribution >= 4 is 5.91 Å².